The highest BCUT2D eigenvalue weighted by Crippen LogP contribution is 2.28. The van der Waals surface area contributed by atoms with E-state index in [1.807, 2.05) is 0 Å². The highest BCUT2D eigenvalue weighted by Gasteiger charge is 2.27. The Morgan fingerprint density at radius 2 is 1.75 bits per heavy atom. The van der Waals surface area contributed by atoms with Crippen LogP contribution in [-0.2, 0) is 14.3 Å². The number of esters is 1. The molecule has 1 N–H and O–H groups in total. The van der Waals surface area contributed by atoms with E-state index in [-0.39, 0.29) is 12.6 Å². The number of ether oxygens (including phenoxy) is 1. The van der Waals surface area contributed by atoms with E-state index in [4.69, 9.17) is 0 Å². The SMILES string of the molecule is CCOC(=O)C(=O)NC1CC(C)CC(C)C1. The van der Waals surface area contributed by atoms with E-state index in [9.17, 15) is 9.59 Å². The maximum atomic E-state index is 11.4. The molecule has 0 spiro atoms. The van der Waals surface area contributed by atoms with Gasteiger partial charge in [0, 0.05) is 6.04 Å². The lowest BCUT2D eigenvalue weighted by Gasteiger charge is -2.31. The molecule has 0 radical (unpaired) electrons. The molecular formula is C12H21NO3. The first kappa shape index (κ1) is 13.0. The van der Waals surface area contributed by atoms with E-state index < -0.39 is 11.9 Å². The Morgan fingerprint density at radius 1 is 1.19 bits per heavy atom. The fourth-order valence-corrected chi connectivity index (χ4v) is 2.51. The molecule has 1 aliphatic rings. The maximum Gasteiger partial charge on any atom is 0.396 e. The number of nitrogens with one attached hydrogen (secondary N) is 1. The zero-order chi connectivity index (χ0) is 12.1. The maximum absolute atomic E-state index is 11.4. The summed E-state index contributed by atoms with van der Waals surface area (Å²) in [6.45, 7) is 6.29. The van der Waals surface area contributed by atoms with Crippen molar-refractivity contribution < 1.29 is 14.3 Å². The van der Waals surface area contributed by atoms with Crippen LogP contribution in [0, 0.1) is 11.8 Å². The van der Waals surface area contributed by atoms with Gasteiger partial charge in [0.25, 0.3) is 0 Å². The monoisotopic (exact) mass is 227 g/mol. The zero-order valence-electron chi connectivity index (χ0n) is 10.3. The van der Waals surface area contributed by atoms with Gasteiger partial charge in [-0.1, -0.05) is 13.8 Å². The van der Waals surface area contributed by atoms with Crippen molar-refractivity contribution in [2.45, 2.75) is 46.1 Å². The Kier molecular flexibility index (Phi) is 4.77. The summed E-state index contributed by atoms with van der Waals surface area (Å²) in [5.74, 6) is -0.158. The first-order valence-electron chi connectivity index (χ1n) is 6.00. The zero-order valence-corrected chi connectivity index (χ0v) is 10.3. The summed E-state index contributed by atoms with van der Waals surface area (Å²) in [7, 11) is 0. The lowest BCUT2D eigenvalue weighted by atomic mass is 9.80. The number of rotatable bonds is 2. The molecule has 2 atom stereocenters. The van der Waals surface area contributed by atoms with Gasteiger partial charge in [-0.25, -0.2) is 4.79 Å². The van der Waals surface area contributed by atoms with E-state index in [0.717, 1.165) is 12.8 Å². The van der Waals surface area contributed by atoms with Crippen molar-refractivity contribution in [1.29, 1.82) is 0 Å². The standard InChI is InChI=1S/C12H21NO3/c1-4-16-12(15)11(14)13-10-6-8(2)5-9(3)7-10/h8-10H,4-7H2,1-3H3,(H,13,14). The van der Waals surface area contributed by atoms with Gasteiger partial charge in [-0.2, -0.15) is 0 Å². The van der Waals surface area contributed by atoms with Gasteiger partial charge in [0.1, 0.15) is 0 Å². The fraction of sp³-hybridized carbons (Fsp3) is 0.833. The summed E-state index contributed by atoms with van der Waals surface area (Å²) >= 11 is 0. The molecule has 1 amide bonds. The third-order valence-corrected chi connectivity index (χ3v) is 2.97. The van der Waals surface area contributed by atoms with Gasteiger partial charge in [-0.05, 0) is 38.0 Å². The van der Waals surface area contributed by atoms with Gasteiger partial charge in [0.2, 0.25) is 0 Å². The van der Waals surface area contributed by atoms with Crippen LogP contribution < -0.4 is 5.32 Å². The molecule has 0 aromatic carbocycles. The van der Waals surface area contributed by atoms with Crippen LogP contribution in [-0.4, -0.2) is 24.5 Å². The topological polar surface area (TPSA) is 55.4 Å². The Bertz CT molecular complexity index is 255. The summed E-state index contributed by atoms with van der Waals surface area (Å²) in [6.07, 6.45) is 3.11. The van der Waals surface area contributed by atoms with Crippen molar-refractivity contribution in [3.63, 3.8) is 0 Å². The molecule has 1 aliphatic carbocycles. The molecule has 1 fully saturated rings. The second-order valence-electron chi connectivity index (χ2n) is 4.81. The molecule has 0 aromatic heterocycles. The lowest BCUT2D eigenvalue weighted by Crippen LogP contribution is -2.43. The summed E-state index contributed by atoms with van der Waals surface area (Å²) in [6, 6.07) is 0.121. The van der Waals surface area contributed by atoms with Crippen LogP contribution >= 0.6 is 0 Å². The van der Waals surface area contributed by atoms with E-state index in [1.165, 1.54) is 6.42 Å². The van der Waals surface area contributed by atoms with Crippen molar-refractivity contribution >= 4 is 11.9 Å². The minimum atomic E-state index is -0.770. The van der Waals surface area contributed by atoms with Crippen LogP contribution in [0.15, 0.2) is 0 Å². The van der Waals surface area contributed by atoms with E-state index >= 15 is 0 Å². The average Bonchev–Trinajstić information content (AvgIpc) is 2.16. The summed E-state index contributed by atoms with van der Waals surface area (Å²) in [5, 5.41) is 2.75. The molecule has 16 heavy (non-hydrogen) atoms. The third kappa shape index (κ3) is 3.83. The largest absolute Gasteiger partial charge is 0.459 e. The van der Waals surface area contributed by atoms with E-state index in [0.29, 0.717) is 11.8 Å². The normalized spacial score (nSPS) is 29.6. The first-order chi connectivity index (χ1) is 7.52. The number of hydrogen-bond acceptors (Lipinski definition) is 3. The van der Waals surface area contributed by atoms with Crippen molar-refractivity contribution in [3.8, 4) is 0 Å². The number of hydrogen-bond donors (Lipinski definition) is 1. The molecule has 0 aliphatic heterocycles. The van der Waals surface area contributed by atoms with Crippen molar-refractivity contribution in [2.24, 2.45) is 11.8 Å². The van der Waals surface area contributed by atoms with Gasteiger partial charge in [-0.3, -0.25) is 4.79 Å². The summed E-state index contributed by atoms with van der Waals surface area (Å²) in [4.78, 5) is 22.6. The highest BCUT2D eigenvalue weighted by molar-refractivity contribution is 6.32. The summed E-state index contributed by atoms with van der Waals surface area (Å²) < 4.78 is 4.65. The van der Waals surface area contributed by atoms with Crippen molar-refractivity contribution in [1.82, 2.24) is 5.32 Å². The molecule has 1 saturated carbocycles. The van der Waals surface area contributed by atoms with Gasteiger partial charge >= 0.3 is 11.9 Å². The number of carbonyl (C=O) groups excluding carboxylic acids is 2. The Hall–Kier alpha value is -1.06. The molecule has 2 unspecified atom stereocenters. The van der Waals surface area contributed by atoms with Crippen molar-refractivity contribution in [3.05, 3.63) is 0 Å². The minimum Gasteiger partial charge on any atom is -0.459 e. The summed E-state index contributed by atoms with van der Waals surface area (Å²) in [5.41, 5.74) is 0. The molecule has 0 heterocycles. The predicted molar refractivity (Wildman–Crippen MR) is 60.7 cm³/mol. The second kappa shape index (κ2) is 5.87. The third-order valence-electron chi connectivity index (χ3n) is 2.97. The molecule has 0 aromatic rings. The van der Waals surface area contributed by atoms with Crippen LogP contribution in [0.2, 0.25) is 0 Å². The number of carbonyl (C=O) groups is 2. The molecule has 92 valence electrons. The average molecular weight is 227 g/mol. The quantitative estimate of drug-likeness (QED) is 0.574. The molecule has 4 heteroatoms. The molecule has 1 rings (SSSR count). The van der Waals surface area contributed by atoms with Crippen LogP contribution in [0.5, 0.6) is 0 Å². The lowest BCUT2D eigenvalue weighted by molar-refractivity contribution is -0.155. The van der Waals surface area contributed by atoms with Crippen LogP contribution in [0.1, 0.15) is 40.0 Å². The minimum absolute atomic E-state index is 0.121. The van der Waals surface area contributed by atoms with Gasteiger partial charge < -0.3 is 10.1 Å². The fourth-order valence-electron chi connectivity index (χ4n) is 2.51. The first-order valence-corrected chi connectivity index (χ1v) is 6.00. The van der Waals surface area contributed by atoms with Crippen molar-refractivity contribution in [2.75, 3.05) is 6.61 Å². The van der Waals surface area contributed by atoms with Gasteiger partial charge in [0.05, 0.1) is 6.61 Å². The molecule has 4 nitrogen and oxygen atoms in total. The van der Waals surface area contributed by atoms with Gasteiger partial charge in [0.15, 0.2) is 0 Å². The smallest absolute Gasteiger partial charge is 0.396 e. The highest BCUT2D eigenvalue weighted by atomic mass is 16.5. The van der Waals surface area contributed by atoms with Crippen LogP contribution in [0.3, 0.4) is 0 Å². The second-order valence-corrected chi connectivity index (χ2v) is 4.81. The number of amides is 1. The molecule has 0 saturated heterocycles. The van der Waals surface area contributed by atoms with Crippen LogP contribution in [0.4, 0.5) is 0 Å². The Labute approximate surface area is 96.7 Å². The van der Waals surface area contributed by atoms with E-state index in [1.54, 1.807) is 6.92 Å². The van der Waals surface area contributed by atoms with Crippen LogP contribution in [0.25, 0.3) is 0 Å². The van der Waals surface area contributed by atoms with E-state index in [2.05, 4.69) is 23.9 Å². The predicted octanol–water partition coefficient (Wildman–Crippen LogP) is 1.49. The Morgan fingerprint density at radius 3 is 2.25 bits per heavy atom. The molecule has 0 bridgehead atoms. The Balaban J connectivity index is 2.41. The molecular weight excluding hydrogens is 206 g/mol. The van der Waals surface area contributed by atoms with Gasteiger partial charge in [-0.15, -0.1) is 0 Å².